The Morgan fingerprint density at radius 1 is 0.968 bits per heavy atom. The lowest BCUT2D eigenvalue weighted by Gasteiger charge is -2.13. The molecule has 1 unspecified atom stereocenters. The van der Waals surface area contributed by atoms with Crippen LogP contribution in [0.2, 0.25) is 0 Å². The topological polar surface area (TPSA) is 63.2 Å². The average Bonchev–Trinajstić information content (AvgIpc) is 2.79. The van der Waals surface area contributed by atoms with Gasteiger partial charge in [-0.3, -0.25) is 4.79 Å². The number of benzene rings is 3. The van der Waals surface area contributed by atoms with E-state index in [1.807, 2.05) is 85.7 Å². The average molecular weight is 418 g/mol. The van der Waals surface area contributed by atoms with Gasteiger partial charge in [-0.15, -0.1) is 0 Å². The van der Waals surface area contributed by atoms with Gasteiger partial charge in [0.05, 0.1) is 6.21 Å². The summed E-state index contributed by atoms with van der Waals surface area (Å²) >= 11 is 0. The number of nitrogens with zero attached hydrogens (tertiary/aromatic N) is 2. The van der Waals surface area contributed by atoms with E-state index in [1.54, 1.807) is 25.3 Å². The monoisotopic (exact) mass is 417 g/mol. The highest BCUT2D eigenvalue weighted by atomic mass is 16.5. The normalized spacial score (nSPS) is 11.7. The number of ether oxygens (including phenoxy) is 2. The van der Waals surface area contributed by atoms with Crippen LogP contribution in [0.3, 0.4) is 0 Å². The van der Waals surface area contributed by atoms with Crippen LogP contribution in [-0.2, 0) is 11.4 Å². The molecule has 0 bridgehead atoms. The third kappa shape index (κ3) is 6.89. The molecular weight excluding hydrogens is 390 g/mol. The van der Waals surface area contributed by atoms with Gasteiger partial charge < -0.3 is 14.4 Å². The summed E-state index contributed by atoms with van der Waals surface area (Å²) in [6.45, 7) is 2.17. The Morgan fingerprint density at radius 3 is 2.26 bits per heavy atom. The molecule has 0 fully saturated rings. The second-order valence-corrected chi connectivity index (χ2v) is 7.23. The molecule has 0 saturated carbocycles. The van der Waals surface area contributed by atoms with E-state index in [0.29, 0.717) is 12.4 Å². The number of anilines is 1. The Balaban J connectivity index is 1.45. The standard InChI is InChI=1S/C25H27N3O3/c1-19(25(29)27-26-17-20-9-11-22(12-10-20)28(2)3)31-24-15-13-23(14-16-24)30-18-21-7-5-4-6-8-21/h4-17,19H,18H2,1-3H3,(H,27,29)/b26-17+. The smallest absolute Gasteiger partial charge is 0.280 e. The van der Waals surface area contributed by atoms with E-state index in [9.17, 15) is 4.79 Å². The van der Waals surface area contributed by atoms with Crippen LogP contribution in [0.1, 0.15) is 18.1 Å². The van der Waals surface area contributed by atoms with Gasteiger partial charge in [-0.05, 0) is 54.4 Å². The summed E-state index contributed by atoms with van der Waals surface area (Å²) in [6, 6.07) is 25.0. The molecule has 0 radical (unpaired) electrons. The Morgan fingerprint density at radius 2 is 1.61 bits per heavy atom. The Bertz CT molecular complexity index is 985. The predicted octanol–water partition coefficient (Wildman–Crippen LogP) is 4.25. The molecular formula is C25H27N3O3. The molecule has 3 aromatic rings. The predicted molar refractivity (Wildman–Crippen MR) is 124 cm³/mol. The van der Waals surface area contributed by atoms with Crippen molar-refractivity contribution in [1.82, 2.24) is 5.43 Å². The number of rotatable bonds is 9. The van der Waals surface area contributed by atoms with Gasteiger partial charge in [0.25, 0.3) is 5.91 Å². The lowest BCUT2D eigenvalue weighted by molar-refractivity contribution is -0.127. The summed E-state index contributed by atoms with van der Waals surface area (Å²) in [7, 11) is 3.96. The molecule has 0 spiro atoms. The molecule has 6 nitrogen and oxygen atoms in total. The van der Waals surface area contributed by atoms with E-state index in [0.717, 1.165) is 22.6 Å². The van der Waals surface area contributed by atoms with Gasteiger partial charge in [0.15, 0.2) is 6.10 Å². The molecule has 0 aliphatic rings. The summed E-state index contributed by atoms with van der Waals surface area (Å²) in [5.74, 6) is 0.988. The van der Waals surface area contributed by atoms with E-state index in [4.69, 9.17) is 9.47 Å². The Hall–Kier alpha value is -3.80. The molecule has 3 rings (SSSR count). The molecule has 160 valence electrons. The molecule has 1 N–H and O–H groups in total. The number of hydrazone groups is 1. The lowest BCUT2D eigenvalue weighted by Crippen LogP contribution is -2.33. The van der Waals surface area contributed by atoms with Crippen LogP contribution in [0.25, 0.3) is 0 Å². The van der Waals surface area contributed by atoms with E-state index >= 15 is 0 Å². The van der Waals surface area contributed by atoms with Crippen molar-refractivity contribution in [3.05, 3.63) is 90.0 Å². The van der Waals surface area contributed by atoms with Crippen molar-refractivity contribution in [3.8, 4) is 11.5 Å². The van der Waals surface area contributed by atoms with Gasteiger partial charge in [-0.1, -0.05) is 42.5 Å². The third-order valence-electron chi connectivity index (χ3n) is 4.55. The van der Waals surface area contributed by atoms with Gasteiger partial charge in [0.1, 0.15) is 18.1 Å². The minimum absolute atomic E-state index is 0.328. The first-order chi connectivity index (χ1) is 15.0. The minimum atomic E-state index is -0.690. The molecule has 31 heavy (non-hydrogen) atoms. The van der Waals surface area contributed by atoms with E-state index in [1.165, 1.54) is 0 Å². The molecule has 0 aliphatic carbocycles. The maximum Gasteiger partial charge on any atom is 0.280 e. The molecule has 0 heterocycles. The van der Waals surface area contributed by atoms with Crippen molar-refractivity contribution in [2.45, 2.75) is 19.6 Å². The number of amides is 1. The zero-order chi connectivity index (χ0) is 22.1. The second kappa shape index (κ2) is 10.8. The van der Waals surface area contributed by atoms with Crippen LogP contribution in [0.4, 0.5) is 5.69 Å². The molecule has 6 heteroatoms. The van der Waals surface area contributed by atoms with E-state index < -0.39 is 6.10 Å². The molecule has 1 amide bonds. The van der Waals surface area contributed by atoms with E-state index in [-0.39, 0.29) is 5.91 Å². The maximum atomic E-state index is 12.2. The van der Waals surface area contributed by atoms with Crippen molar-refractivity contribution in [2.24, 2.45) is 5.10 Å². The second-order valence-electron chi connectivity index (χ2n) is 7.23. The largest absolute Gasteiger partial charge is 0.489 e. The van der Waals surface area contributed by atoms with Crippen molar-refractivity contribution in [3.63, 3.8) is 0 Å². The first-order valence-corrected chi connectivity index (χ1v) is 10.0. The first-order valence-electron chi connectivity index (χ1n) is 10.0. The maximum absolute atomic E-state index is 12.2. The van der Waals surface area contributed by atoms with Crippen molar-refractivity contribution in [2.75, 3.05) is 19.0 Å². The summed E-state index contributed by atoms with van der Waals surface area (Å²) in [6.07, 6.45) is 0.910. The Kier molecular flexibility index (Phi) is 7.65. The summed E-state index contributed by atoms with van der Waals surface area (Å²) in [5, 5.41) is 4.01. The SMILES string of the molecule is CC(Oc1ccc(OCc2ccccc2)cc1)C(=O)N/N=C/c1ccc(N(C)C)cc1. The van der Waals surface area contributed by atoms with Crippen molar-refractivity contribution < 1.29 is 14.3 Å². The van der Waals surface area contributed by atoms with Crippen LogP contribution < -0.4 is 19.8 Å². The fraction of sp³-hybridized carbons (Fsp3) is 0.200. The highest BCUT2D eigenvalue weighted by Gasteiger charge is 2.14. The molecule has 1 atom stereocenters. The molecule has 0 saturated heterocycles. The number of carbonyl (C=O) groups excluding carboxylic acids is 1. The highest BCUT2D eigenvalue weighted by molar-refractivity contribution is 5.84. The zero-order valence-electron chi connectivity index (χ0n) is 18.0. The van der Waals surface area contributed by atoms with Crippen LogP contribution in [0, 0.1) is 0 Å². The van der Waals surface area contributed by atoms with Crippen molar-refractivity contribution >= 4 is 17.8 Å². The highest BCUT2D eigenvalue weighted by Crippen LogP contribution is 2.19. The van der Waals surface area contributed by atoms with Gasteiger partial charge in [-0.25, -0.2) is 5.43 Å². The molecule has 3 aromatic carbocycles. The fourth-order valence-corrected chi connectivity index (χ4v) is 2.73. The number of carbonyl (C=O) groups is 1. The van der Waals surface area contributed by atoms with Gasteiger partial charge >= 0.3 is 0 Å². The molecule has 0 aliphatic heterocycles. The van der Waals surface area contributed by atoms with Crippen LogP contribution in [0.15, 0.2) is 84.0 Å². The fourth-order valence-electron chi connectivity index (χ4n) is 2.73. The minimum Gasteiger partial charge on any atom is -0.489 e. The van der Waals surface area contributed by atoms with Crippen LogP contribution >= 0.6 is 0 Å². The number of nitrogens with one attached hydrogen (secondary N) is 1. The summed E-state index contributed by atoms with van der Waals surface area (Å²) < 4.78 is 11.5. The molecule has 0 aromatic heterocycles. The number of hydrogen-bond acceptors (Lipinski definition) is 5. The van der Waals surface area contributed by atoms with Crippen LogP contribution in [-0.4, -0.2) is 32.3 Å². The van der Waals surface area contributed by atoms with Gasteiger partial charge in [0.2, 0.25) is 0 Å². The van der Waals surface area contributed by atoms with Gasteiger partial charge in [-0.2, -0.15) is 5.10 Å². The number of hydrogen-bond donors (Lipinski definition) is 1. The zero-order valence-corrected chi connectivity index (χ0v) is 18.0. The van der Waals surface area contributed by atoms with E-state index in [2.05, 4.69) is 10.5 Å². The van der Waals surface area contributed by atoms with Crippen molar-refractivity contribution in [1.29, 1.82) is 0 Å². The summed E-state index contributed by atoms with van der Waals surface area (Å²) in [4.78, 5) is 14.2. The summed E-state index contributed by atoms with van der Waals surface area (Å²) in [5.41, 5.74) is 5.60. The first kappa shape index (κ1) is 21.9. The third-order valence-corrected chi connectivity index (χ3v) is 4.55. The van der Waals surface area contributed by atoms with Crippen LogP contribution in [0.5, 0.6) is 11.5 Å². The lowest BCUT2D eigenvalue weighted by atomic mass is 10.2. The van der Waals surface area contributed by atoms with Gasteiger partial charge in [0, 0.05) is 19.8 Å². The quantitative estimate of drug-likeness (QED) is 0.418. The Labute approximate surface area is 183 Å².